The van der Waals surface area contributed by atoms with Crippen LogP contribution in [0.15, 0.2) is 17.4 Å². The highest BCUT2D eigenvalue weighted by Gasteiger charge is 2.52. The fourth-order valence-electron chi connectivity index (χ4n) is 5.42. The summed E-state index contributed by atoms with van der Waals surface area (Å²) in [5.41, 5.74) is 5.40. The third-order valence-corrected chi connectivity index (χ3v) is 9.65. The van der Waals surface area contributed by atoms with Crippen molar-refractivity contribution in [2.45, 2.75) is 62.8 Å². The number of ether oxygens (including phenoxy) is 2. The van der Waals surface area contributed by atoms with Crippen LogP contribution >= 0.6 is 7.82 Å². The molecule has 0 saturated carbocycles. The maximum absolute atomic E-state index is 15.9. The number of aromatic nitrogens is 9. The van der Waals surface area contributed by atoms with E-state index in [9.17, 15) is 22.7 Å². The van der Waals surface area contributed by atoms with Gasteiger partial charge in [0, 0.05) is 6.42 Å². The smallest absolute Gasteiger partial charge is 0.382 e. The summed E-state index contributed by atoms with van der Waals surface area (Å²) < 4.78 is 85.0. The zero-order valence-corrected chi connectivity index (χ0v) is 24.2. The summed E-state index contributed by atoms with van der Waals surface area (Å²) in [6.45, 7) is 0.728. The number of phosphoric acid groups is 1. The van der Waals surface area contributed by atoms with Gasteiger partial charge >= 0.3 is 7.82 Å². The number of alkyl halides is 1. The Morgan fingerprint density at radius 2 is 1.98 bits per heavy atom. The van der Waals surface area contributed by atoms with Crippen LogP contribution in [0.4, 0.5) is 10.2 Å². The molecule has 7 heterocycles. The van der Waals surface area contributed by atoms with Crippen molar-refractivity contribution in [2.75, 3.05) is 18.1 Å². The molecule has 23 heteroatoms. The number of hydrogen-bond acceptors (Lipinski definition) is 16. The fourth-order valence-corrected chi connectivity index (χ4v) is 7.56. The Balaban J connectivity index is 1.19. The van der Waals surface area contributed by atoms with Crippen LogP contribution < -0.4 is 11.3 Å². The monoisotopic (exact) mass is 658 g/mol. The normalized spacial score (nSPS) is 34.4. The van der Waals surface area contributed by atoms with Crippen molar-refractivity contribution < 1.29 is 45.0 Å². The summed E-state index contributed by atoms with van der Waals surface area (Å²) in [6, 6.07) is 0. The number of nitrogens with one attached hydrogen (secondary N) is 1. The van der Waals surface area contributed by atoms with E-state index in [1.807, 2.05) is 0 Å². The van der Waals surface area contributed by atoms with E-state index >= 15 is 4.39 Å². The standard InChI is InChI=1S/C21H24FN10O10PS/c1-8-27-18-14(19(33)28-8)29-30-32(18)20-10-4-9(39-20)2-3-44(36,37)42-15-11(5-38-43(34,35)41-10)40-21(12(15)22)31-7-26-13-16(23)24-6-25-17(13)31/h6-7,9-12,15,20-21H,2-5H2,1H3,(H,34,35)(H2,23,24,25)(H,27,28,33). The van der Waals surface area contributed by atoms with Crippen molar-refractivity contribution in [3.63, 3.8) is 0 Å². The van der Waals surface area contributed by atoms with Gasteiger partial charge in [-0.15, -0.1) is 5.10 Å². The van der Waals surface area contributed by atoms with Gasteiger partial charge in [0.05, 0.1) is 24.8 Å². The lowest BCUT2D eigenvalue weighted by Gasteiger charge is -2.24. The second-order valence-electron chi connectivity index (χ2n) is 10.4. The van der Waals surface area contributed by atoms with E-state index in [-0.39, 0.29) is 46.8 Å². The third kappa shape index (κ3) is 5.15. The van der Waals surface area contributed by atoms with E-state index < -0.39 is 78.9 Å². The van der Waals surface area contributed by atoms with Gasteiger partial charge in [0.2, 0.25) is 0 Å². The van der Waals surface area contributed by atoms with E-state index in [0.717, 1.165) is 11.0 Å². The summed E-state index contributed by atoms with van der Waals surface area (Å²) in [4.78, 5) is 41.6. The Labute approximate surface area is 245 Å². The molecule has 4 aromatic rings. The first-order chi connectivity index (χ1) is 20.9. The largest absolute Gasteiger partial charge is 0.472 e. The predicted molar refractivity (Wildman–Crippen MR) is 142 cm³/mol. The van der Waals surface area contributed by atoms with Crippen LogP contribution in [0.5, 0.6) is 0 Å². The van der Waals surface area contributed by atoms with Gasteiger partial charge in [-0.1, -0.05) is 5.21 Å². The average Bonchev–Trinajstić information content (AvgIpc) is 3.72. The molecule has 236 valence electrons. The average molecular weight is 659 g/mol. The van der Waals surface area contributed by atoms with Crippen LogP contribution in [0, 0.1) is 6.92 Å². The fraction of sp³-hybridized carbons (Fsp3) is 0.571. The number of hydrogen-bond donors (Lipinski definition) is 3. The molecule has 44 heavy (non-hydrogen) atoms. The first kappa shape index (κ1) is 29.2. The number of phosphoric ester groups is 1. The van der Waals surface area contributed by atoms with Gasteiger partial charge in [0.15, 0.2) is 41.3 Å². The number of nitrogens with zero attached hydrogens (tertiary/aromatic N) is 8. The van der Waals surface area contributed by atoms with Crippen LogP contribution in [0.3, 0.4) is 0 Å². The Bertz CT molecular complexity index is 1970. The third-order valence-electron chi connectivity index (χ3n) is 7.39. The number of halogens is 1. The van der Waals surface area contributed by atoms with Crippen LogP contribution in [-0.4, -0.2) is 101 Å². The van der Waals surface area contributed by atoms with E-state index in [1.165, 1.54) is 17.8 Å². The molecule has 0 aromatic carbocycles. The number of rotatable bonds is 2. The van der Waals surface area contributed by atoms with Crippen molar-refractivity contribution in [1.29, 1.82) is 0 Å². The molecule has 0 amide bonds. The number of aromatic amines is 1. The van der Waals surface area contributed by atoms with Gasteiger partial charge in [-0.25, -0.2) is 28.9 Å². The van der Waals surface area contributed by atoms with Gasteiger partial charge in [0.25, 0.3) is 15.7 Å². The van der Waals surface area contributed by atoms with E-state index in [0.29, 0.717) is 0 Å². The molecule has 4 aromatic heterocycles. The van der Waals surface area contributed by atoms with Crippen molar-refractivity contribution in [3.05, 3.63) is 28.8 Å². The summed E-state index contributed by atoms with van der Waals surface area (Å²) in [6.07, 6.45) is -8.16. The minimum Gasteiger partial charge on any atom is -0.382 e. The summed E-state index contributed by atoms with van der Waals surface area (Å²) in [7, 11) is -9.35. The first-order valence-corrected chi connectivity index (χ1v) is 16.2. The van der Waals surface area contributed by atoms with Gasteiger partial charge < -0.3 is 25.1 Å². The summed E-state index contributed by atoms with van der Waals surface area (Å²) >= 11 is 0. The highest BCUT2D eigenvalue weighted by atomic mass is 32.2. The Kier molecular flexibility index (Phi) is 7.01. The molecular weight excluding hydrogens is 634 g/mol. The molecule has 3 aliphatic heterocycles. The Morgan fingerprint density at radius 3 is 2.80 bits per heavy atom. The summed E-state index contributed by atoms with van der Waals surface area (Å²) in [5.74, 6) is -0.339. The second-order valence-corrected chi connectivity index (χ2v) is 13.5. The number of imidazole rings is 1. The van der Waals surface area contributed by atoms with Crippen molar-refractivity contribution >= 4 is 46.1 Å². The highest BCUT2D eigenvalue weighted by Crippen LogP contribution is 2.50. The number of fused-ring (bicyclic) bond motifs is 5. The molecule has 2 bridgehead atoms. The molecule has 20 nitrogen and oxygen atoms in total. The van der Waals surface area contributed by atoms with Gasteiger partial charge in [-0.05, 0) is 13.3 Å². The van der Waals surface area contributed by atoms with Crippen LogP contribution in [0.2, 0.25) is 0 Å². The molecule has 3 fully saturated rings. The van der Waals surface area contributed by atoms with Crippen molar-refractivity contribution in [1.82, 2.24) is 44.5 Å². The number of nitrogen functional groups attached to an aromatic ring is 1. The lowest BCUT2D eigenvalue weighted by molar-refractivity contribution is -0.0584. The van der Waals surface area contributed by atoms with E-state index in [4.69, 9.17) is 28.4 Å². The number of nitrogens with two attached hydrogens (primary N) is 1. The van der Waals surface area contributed by atoms with Gasteiger partial charge in [-0.3, -0.25) is 22.6 Å². The molecule has 8 unspecified atom stereocenters. The van der Waals surface area contributed by atoms with Gasteiger partial charge in [-0.2, -0.15) is 13.1 Å². The van der Waals surface area contributed by atoms with Crippen LogP contribution in [0.25, 0.3) is 22.3 Å². The Hall–Kier alpha value is -3.50. The molecule has 3 aliphatic rings. The van der Waals surface area contributed by atoms with Crippen LogP contribution in [0.1, 0.15) is 31.1 Å². The lowest BCUT2D eigenvalue weighted by Crippen LogP contribution is -2.37. The van der Waals surface area contributed by atoms with Crippen molar-refractivity contribution in [3.8, 4) is 0 Å². The zero-order chi connectivity index (χ0) is 31.0. The maximum atomic E-state index is 15.9. The zero-order valence-electron chi connectivity index (χ0n) is 22.5. The van der Waals surface area contributed by atoms with E-state index in [1.54, 1.807) is 0 Å². The minimum absolute atomic E-state index is 0.0116. The first-order valence-electron chi connectivity index (χ1n) is 13.2. The minimum atomic E-state index is -4.94. The molecule has 3 saturated heterocycles. The maximum Gasteiger partial charge on any atom is 0.472 e. The second kappa shape index (κ2) is 10.5. The quantitative estimate of drug-likeness (QED) is 0.179. The molecule has 0 radical (unpaired) electrons. The molecule has 0 aliphatic carbocycles. The molecule has 4 N–H and O–H groups in total. The predicted octanol–water partition coefficient (Wildman–Crippen LogP) is -0.611. The molecular formula is C21H24FN10O10PS. The number of anilines is 1. The molecule has 7 rings (SSSR count). The SMILES string of the molecule is Cc1nc2c(nnn2C2OC3CCS(=O)(=O)OC4C(COP(=O)(O)OC2C3)OC(n2cnc3c(N)ncnc32)C4F)c(=O)[nH]1. The highest BCUT2D eigenvalue weighted by molar-refractivity contribution is 7.86. The Morgan fingerprint density at radius 1 is 1.16 bits per heavy atom. The summed E-state index contributed by atoms with van der Waals surface area (Å²) in [5, 5.41) is 7.74. The lowest BCUT2D eigenvalue weighted by atomic mass is 10.1. The molecule has 0 spiro atoms. The van der Waals surface area contributed by atoms with E-state index in [2.05, 4.69) is 35.2 Å². The molecule has 8 atom stereocenters. The van der Waals surface area contributed by atoms with Gasteiger partial charge in [0.1, 0.15) is 36.0 Å². The topological polar surface area (TPSA) is 264 Å². The van der Waals surface area contributed by atoms with Crippen LogP contribution in [-0.2, 0) is 37.4 Å². The number of H-pyrrole nitrogens is 1. The van der Waals surface area contributed by atoms with Crippen molar-refractivity contribution in [2.24, 2.45) is 0 Å². The number of aryl methyl sites for hydroxylation is 1.